The zero-order valence-electron chi connectivity index (χ0n) is 15.9. The normalized spacial score (nSPS) is 14.9. The molecule has 0 atom stereocenters. The maximum atomic E-state index is 12.6. The minimum absolute atomic E-state index is 0.113. The van der Waals surface area contributed by atoms with Gasteiger partial charge in [-0.05, 0) is 31.9 Å². The fourth-order valence-corrected chi connectivity index (χ4v) is 6.11. The van der Waals surface area contributed by atoms with Crippen LogP contribution in [0.15, 0.2) is 51.2 Å². The van der Waals surface area contributed by atoms with Gasteiger partial charge in [-0.2, -0.15) is 4.31 Å². The minimum Gasteiger partial charge on any atom is -0.350 e. The Kier molecular flexibility index (Phi) is 5.53. The lowest BCUT2D eigenvalue weighted by Gasteiger charge is -2.13. The number of nitrogens with zero attached hydrogens (tertiary/aromatic N) is 2. The van der Waals surface area contributed by atoms with Gasteiger partial charge in [-0.15, -0.1) is 11.3 Å². The number of hydrogen-bond acceptors (Lipinski definition) is 6. The molecule has 9 heteroatoms. The zero-order valence-corrected chi connectivity index (χ0v) is 17.6. The Morgan fingerprint density at radius 1 is 1.17 bits per heavy atom. The summed E-state index contributed by atoms with van der Waals surface area (Å²) < 4.78 is 32.2. The Morgan fingerprint density at radius 3 is 2.62 bits per heavy atom. The van der Waals surface area contributed by atoms with Crippen LogP contribution < -0.4 is 5.32 Å². The van der Waals surface area contributed by atoms with Crippen molar-refractivity contribution in [3.63, 3.8) is 0 Å². The summed E-state index contributed by atoms with van der Waals surface area (Å²) in [6, 6.07) is 12.7. The van der Waals surface area contributed by atoms with Gasteiger partial charge in [0.15, 0.2) is 0 Å². The second-order valence-corrected chi connectivity index (χ2v) is 10.3. The Morgan fingerprint density at radius 2 is 1.90 bits per heavy atom. The van der Waals surface area contributed by atoms with Crippen molar-refractivity contribution in [2.24, 2.45) is 0 Å². The standard InChI is InChI=1S/C20H21N3O4S2/c1-14-4-6-15(7-5-14)17-12-18(27-22-17)20(24)21-13-16-8-9-19(28-16)29(25,26)23-10-2-3-11-23/h4-9,12H,2-3,10-11,13H2,1H3,(H,21,24). The van der Waals surface area contributed by atoms with Crippen molar-refractivity contribution >= 4 is 27.3 Å². The van der Waals surface area contributed by atoms with Crippen molar-refractivity contribution in [1.82, 2.24) is 14.8 Å². The van der Waals surface area contributed by atoms with Crippen LogP contribution in [0.25, 0.3) is 11.3 Å². The number of nitrogens with one attached hydrogen (secondary N) is 1. The third-order valence-corrected chi connectivity index (χ3v) is 8.25. The predicted molar refractivity (Wildman–Crippen MR) is 110 cm³/mol. The van der Waals surface area contributed by atoms with Gasteiger partial charge >= 0.3 is 0 Å². The zero-order chi connectivity index (χ0) is 20.4. The molecule has 1 saturated heterocycles. The number of thiophene rings is 1. The van der Waals surface area contributed by atoms with E-state index in [2.05, 4.69) is 10.5 Å². The second-order valence-electron chi connectivity index (χ2n) is 6.96. The molecule has 1 aliphatic rings. The molecule has 7 nitrogen and oxygen atoms in total. The highest BCUT2D eigenvalue weighted by atomic mass is 32.2. The van der Waals surface area contributed by atoms with Crippen molar-refractivity contribution in [2.45, 2.75) is 30.5 Å². The maximum Gasteiger partial charge on any atom is 0.290 e. The Hall–Kier alpha value is -2.49. The molecule has 0 unspecified atom stereocenters. The van der Waals surface area contributed by atoms with Crippen LogP contribution in [0.4, 0.5) is 0 Å². The largest absolute Gasteiger partial charge is 0.350 e. The molecule has 0 bridgehead atoms. The molecule has 1 aliphatic heterocycles. The molecule has 1 aromatic carbocycles. The number of sulfonamides is 1. The Balaban J connectivity index is 1.39. The molecule has 4 rings (SSSR count). The van der Waals surface area contributed by atoms with Gasteiger partial charge in [0.05, 0.1) is 6.54 Å². The maximum absolute atomic E-state index is 12.6. The molecule has 3 aromatic rings. The first kappa shape index (κ1) is 19.8. The highest BCUT2D eigenvalue weighted by molar-refractivity contribution is 7.91. The minimum atomic E-state index is -3.43. The summed E-state index contributed by atoms with van der Waals surface area (Å²) in [6.07, 6.45) is 1.80. The van der Waals surface area contributed by atoms with E-state index in [-0.39, 0.29) is 12.3 Å². The average Bonchev–Trinajstić information content (AvgIpc) is 3.48. The average molecular weight is 432 g/mol. The molecular formula is C20H21N3O4S2. The molecule has 3 heterocycles. The molecule has 0 aliphatic carbocycles. The Bertz CT molecular complexity index is 1110. The van der Waals surface area contributed by atoms with Crippen LogP contribution in [0.3, 0.4) is 0 Å². The molecule has 1 amide bonds. The van der Waals surface area contributed by atoms with Crippen LogP contribution in [0.2, 0.25) is 0 Å². The van der Waals surface area contributed by atoms with E-state index < -0.39 is 15.9 Å². The monoisotopic (exact) mass is 431 g/mol. The topological polar surface area (TPSA) is 92.5 Å². The van der Waals surface area contributed by atoms with Gasteiger partial charge in [0, 0.05) is 29.6 Å². The molecule has 152 valence electrons. The first-order valence-corrected chi connectivity index (χ1v) is 11.6. The fourth-order valence-electron chi connectivity index (χ4n) is 3.14. The molecule has 0 saturated carbocycles. The van der Waals surface area contributed by atoms with Gasteiger partial charge in [0.2, 0.25) is 5.76 Å². The fraction of sp³-hybridized carbons (Fsp3) is 0.300. The summed E-state index contributed by atoms with van der Waals surface area (Å²) >= 11 is 1.18. The number of carbonyl (C=O) groups excluding carboxylic acids is 1. The molecule has 2 aromatic heterocycles. The third-order valence-electron chi connectivity index (χ3n) is 4.80. The third kappa shape index (κ3) is 4.26. The van der Waals surface area contributed by atoms with Crippen LogP contribution in [0.5, 0.6) is 0 Å². The van der Waals surface area contributed by atoms with Crippen LogP contribution >= 0.6 is 11.3 Å². The van der Waals surface area contributed by atoms with E-state index in [9.17, 15) is 13.2 Å². The molecule has 1 fully saturated rings. The summed E-state index contributed by atoms with van der Waals surface area (Å²) in [7, 11) is -3.43. The summed E-state index contributed by atoms with van der Waals surface area (Å²) in [6.45, 7) is 3.36. The van der Waals surface area contributed by atoms with Gasteiger partial charge in [-0.25, -0.2) is 8.42 Å². The number of hydrogen-bond donors (Lipinski definition) is 1. The second kappa shape index (κ2) is 8.10. The van der Waals surface area contributed by atoms with Gasteiger partial charge in [0.1, 0.15) is 9.90 Å². The molecule has 0 spiro atoms. The number of carbonyl (C=O) groups is 1. The number of aromatic nitrogens is 1. The van der Waals surface area contributed by atoms with Gasteiger partial charge in [0.25, 0.3) is 15.9 Å². The lowest BCUT2D eigenvalue weighted by Crippen LogP contribution is -2.27. The van der Waals surface area contributed by atoms with Crippen LogP contribution in [-0.4, -0.2) is 36.9 Å². The van der Waals surface area contributed by atoms with E-state index in [0.717, 1.165) is 28.8 Å². The molecular weight excluding hydrogens is 410 g/mol. The number of rotatable bonds is 6. The van der Waals surface area contributed by atoms with Crippen LogP contribution in [0, 0.1) is 6.92 Å². The summed E-state index contributed by atoms with van der Waals surface area (Å²) in [5, 5.41) is 6.71. The highest BCUT2D eigenvalue weighted by Crippen LogP contribution is 2.27. The van der Waals surface area contributed by atoms with E-state index >= 15 is 0 Å². The summed E-state index contributed by atoms with van der Waals surface area (Å²) in [5.74, 6) is -0.282. The van der Waals surface area contributed by atoms with Gasteiger partial charge in [-0.3, -0.25) is 4.79 Å². The first-order valence-electron chi connectivity index (χ1n) is 9.34. The van der Waals surface area contributed by atoms with E-state index in [1.165, 1.54) is 15.6 Å². The quantitative estimate of drug-likeness (QED) is 0.646. The lowest BCUT2D eigenvalue weighted by molar-refractivity contribution is 0.0914. The van der Waals surface area contributed by atoms with Crippen molar-refractivity contribution in [3.8, 4) is 11.3 Å². The van der Waals surface area contributed by atoms with Crippen molar-refractivity contribution in [2.75, 3.05) is 13.1 Å². The SMILES string of the molecule is Cc1ccc(-c2cc(C(=O)NCc3ccc(S(=O)(=O)N4CCCC4)s3)on2)cc1. The summed E-state index contributed by atoms with van der Waals surface area (Å²) in [4.78, 5) is 13.1. The first-order chi connectivity index (χ1) is 13.9. The van der Waals surface area contributed by atoms with Gasteiger partial charge < -0.3 is 9.84 Å². The van der Waals surface area contributed by atoms with E-state index in [1.807, 2.05) is 31.2 Å². The lowest BCUT2D eigenvalue weighted by atomic mass is 10.1. The molecule has 29 heavy (non-hydrogen) atoms. The highest BCUT2D eigenvalue weighted by Gasteiger charge is 2.28. The smallest absolute Gasteiger partial charge is 0.290 e. The molecule has 1 N–H and O–H groups in total. The van der Waals surface area contributed by atoms with E-state index in [1.54, 1.807) is 18.2 Å². The van der Waals surface area contributed by atoms with Gasteiger partial charge in [-0.1, -0.05) is 35.0 Å². The van der Waals surface area contributed by atoms with Crippen LogP contribution in [-0.2, 0) is 16.6 Å². The number of amides is 1. The predicted octanol–water partition coefficient (Wildman–Crippen LogP) is 3.43. The summed E-state index contributed by atoms with van der Waals surface area (Å²) in [5.41, 5.74) is 2.59. The number of benzene rings is 1. The van der Waals surface area contributed by atoms with Crippen molar-refractivity contribution in [3.05, 3.63) is 58.7 Å². The van der Waals surface area contributed by atoms with Crippen molar-refractivity contribution in [1.29, 1.82) is 0 Å². The molecule has 0 radical (unpaired) electrons. The van der Waals surface area contributed by atoms with Crippen molar-refractivity contribution < 1.29 is 17.7 Å². The van der Waals surface area contributed by atoms with E-state index in [4.69, 9.17) is 4.52 Å². The number of aryl methyl sites for hydroxylation is 1. The van der Waals surface area contributed by atoms with E-state index in [0.29, 0.717) is 23.0 Å². The Labute approximate surface area is 173 Å². The van der Waals surface area contributed by atoms with Crippen LogP contribution in [0.1, 0.15) is 33.8 Å².